The SMILES string of the molecule is c1ccc(-c2nc(NCCc3c[nH]c4ccccc34)cc(-c3cccnc3)n2)cc1. The summed E-state index contributed by atoms with van der Waals surface area (Å²) in [6.45, 7) is 0.777. The van der Waals surface area contributed by atoms with Crippen LogP contribution in [0.5, 0.6) is 0 Å². The first-order valence-corrected chi connectivity index (χ1v) is 10.0. The Morgan fingerprint density at radius 2 is 1.67 bits per heavy atom. The van der Waals surface area contributed by atoms with Crippen LogP contribution >= 0.6 is 0 Å². The Bertz CT molecular complexity index is 1200. The Morgan fingerprint density at radius 3 is 2.53 bits per heavy atom. The Morgan fingerprint density at radius 1 is 0.833 bits per heavy atom. The molecular formula is C25H21N5. The monoisotopic (exact) mass is 391 g/mol. The van der Waals surface area contributed by atoms with Crippen molar-refractivity contribution in [3.05, 3.63) is 97.0 Å². The number of hydrogen-bond donors (Lipinski definition) is 2. The van der Waals surface area contributed by atoms with E-state index in [0.717, 1.165) is 35.6 Å². The van der Waals surface area contributed by atoms with Crippen molar-refractivity contribution in [2.24, 2.45) is 0 Å². The summed E-state index contributed by atoms with van der Waals surface area (Å²) in [5, 5.41) is 4.75. The summed E-state index contributed by atoms with van der Waals surface area (Å²) in [6.07, 6.45) is 6.58. The first-order chi connectivity index (χ1) is 14.9. The van der Waals surface area contributed by atoms with Gasteiger partial charge in [0.05, 0.1) is 5.69 Å². The van der Waals surface area contributed by atoms with E-state index in [9.17, 15) is 0 Å². The van der Waals surface area contributed by atoms with Crippen molar-refractivity contribution in [3.63, 3.8) is 0 Å². The average molecular weight is 391 g/mol. The van der Waals surface area contributed by atoms with Crippen LogP contribution in [0.2, 0.25) is 0 Å². The molecule has 146 valence electrons. The van der Waals surface area contributed by atoms with E-state index in [1.165, 1.54) is 16.5 Å². The van der Waals surface area contributed by atoms with Gasteiger partial charge in [0.2, 0.25) is 0 Å². The van der Waals surface area contributed by atoms with Crippen molar-refractivity contribution in [2.75, 3.05) is 11.9 Å². The highest BCUT2D eigenvalue weighted by Crippen LogP contribution is 2.24. The predicted molar refractivity (Wildman–Crippen MR) is 121 cm³/mol. The predicted octanol–water partition coefficient (Wildman–Crippen LogP) is 5.34. The van der Waals surface area contributed by atoms with Gasteiger partial charge in [0.1, 0.15) is 5.82 Å². The first kappa shape index (κ1) is 18.1. The third kappa shape index (κ3) is 3.78. The first-order valence-electron chi connectivity index (χ1n) is 10.0. The van der Waals surface area contributed by atoms with Crippen LogP contribution in [0.4, 0.5) is 5.82 Å². The lowest BCUT2D eigenvalue weighted by molar-refractivity contribution is 1.01. The van der Waals surface area contributed by atoms with Gasteiger partial charge in [-0.15, -0.1) is 0 Å². The summed E-state index contributed by atoms with van der Waals surface area (Å²) in [6, 6.07) is 24.3. The van der Waals surface area contributed by atoms with E-state index in [1.54, 1.807) is 6.20 Å². The summed E-state index contributed by atoms with van der Waals surface area (Å²) in [5.74, 6) is 1.51. The second-order valence-electron chi connectivity index (χ2n) is 7.11. The fraction of sp³-hybridized carbons (Fsp3) is 0.0800. The molecule has 0 amide bonds. The largest absolute Gasteiger partial charge is 0.370 e. The standard InChI is InChI=1S/C25H21N5/c1-2-7-18(8-3-1)25-29-23(20-9-6-13-26-16-20)15-24(30-25)27-14-12-19-17-28-22-11-5-4-10-21(19)22/h1-11,13,15-17,28H,12,14H2,(H,27,29,30). The topological polar surface area (TPSA) is 66.5 Å². The van der Waals surface area contributed by atoms with Crippen LogP contribution in [0.25, 0.3) is 33.5 Å². The number of nitrogens with zero attached hydrogens (tertiary/aromatic N) is 3. The number of para-hydroxylation sites is 1. The van der Waals surface area contributed by atoms with Gasteiger partial charge in [-0.25, -0.2) is 9.97 Å². The number of rotatable bonds is 6. The van der Waals surface area contributed by atoms with E-state index in [1.807, 2.05) is 60.8 Å². The number of nitrogens with one attached hydrogen (secondary N) is 2. The van der Waals surface area contributed by atoms with Gasteiger partial charge in [-0.05, 0) is 30.2 Å². The highest BCUT2D eigenvalue weighted by molar-refractivity contribution is 5.83. The molecule has 5 rings (SSSR count). The maximum absolute atomic E-state index is 4.78. The number of H-pyrrole nitrogens is 1. The molecule has 0 atom stereocenters. The third-order valence-corrected chi connectivity index (χ3v) is 5.09. The van der Waals surface area contributed by atoms with Crippen LogP contribution < -0.4 is 5.32 Å². The van der Waals surface area contributed by atoms with Crippen LogP contribution in [0.3, 0.4) is 0 Å². The fourth-order valence-electron chi connectivity index (χ4n) is 3.58. The van der Waals surface area contributed by atoms with Gasteiger partial charge in [0, 0.05) is 53.2 Å². The second-order valence-corrected chi connectivity index (χ2v) is 7.11. The minimum atomic E-state index is 0.701. The molecule has 5 aromatic rings. The summed E-state index contributed by atoms with van der Waals surface area (Å²) in [5.41, 5.74) is 5.27. The van der Waals surface area contributed by atoms with Crippen molar-refractivity contribution in [3.8, 4) is 22.6 Å². The molecule has 0 aliphatic heterocycles. The molecule has 0 aliphatic carbocycles. The Labute approximate surface area is 174 Å². The van der Waals surface area contributed by atoms with Crippen LogP contribution in [0.15, 0.2) is 91.4 Å². The van der Waals surface area contributed by atoms with Gasteiger partial charge in [-0.1, -0.05) is 48.5 Å². The van der Waals surface area contributed by atoms with Crippen molar-refractivity contribution < 1.29 is 0 Å². The van der Waals surface area contributed by atoms with Crippen LogP contribution in [0.1, 0.15) is 5.56 Å². The van der Waals surface area contributed by atoms with Crippen LogP contribution in [-0.2, 0) is 6.42 Å². The summed E-state index contributed by atoms with van der Waals surface area (Å²) >= 11 is 0. The third-order valence-electron chi connectivity index (χ3n) is 5.09. The normalized spacial score (nSPS) is 10.9. The molecule has 0 aliphatic rings. The number of fused-ring (bicyclic) bond motifs is 1. The molecule has 0 saturated carbocycles. The highest BCUT2D eigenvalue weighted by atomic mass is 15.0. The fourth-order valence-corrected chi connectivity index (χ4v) is 3.58. The molecule has 3 heterocycles. The summed E-state index contributed by atoms with van der Waals surface area (Å²) in [4.78, 5) is 17.1. The van der Waals surface area contributed by atoms with Crippen LogP contribution in [0, 0.1) is 0 Å². The van der Waals surface area contributed by atoms with Crippen molar-refractivity contribution in [1.29, 1.82) is 0 Å². The molecule has 0 bridgehead atoms. The molecule has 30 heavy (non-hydrogen) atoms. The van der Waals surface area contributed by atoms with Gasteiger partial charge >= 0.3 is 0 Å². The molecule has 2 N–H and O–H groups in total. The van der Waals surface area contributed by atoms with Crippen molar-refractivity contribution in [1.82, 2.24) is 19.9 Å². The quantitative estimate of drug-likeness (QED) is 0.410. The number of aromatic amines is 1. The number of anilines is 1. The van der Waals surface area contributed by atoms with Gasteiger partial charge in [-0.3, -0.25) is 4.98 Å². The van der Waals surface area contributed by atoms with Crippen molar-refractivity contribution >= 4 is 16.7 Å². The van der Waals surface area contributed by atoms with Crippen molar-refractivity contribution in [2.45, 2.75) is 6.42 Å². The maximum atomic E-state index is 4.78. The zero-order chi connectivity index (χ0) is 20.2. The molecule has 5 heteroatoms. The lowest BCUT2D eigenvalue weighted by atomic mass is 10.1. The molecular weight excluding hydrogens is 370 g/mol. The molecule has 0 radical (unpaired) electrons. The summed E-state index contributed by atoms with van der Waals surface area (Å²) in [7, 11) is 0. The van der Waals surface area contributed by atoms with E-state index < -0.39 is 0 Å². The maximum Gasteiger partial charge on any atom is 0.162 e. The Kier molecular flexibility index (Phi) is 4.92. The van der Waals surface area contributed by atoms with E-state index >= 15 is 0 Å². The molecule has 0 spiro atoms. The van der Waals surface area contributed by atoms with Gasteiger partial charge in [-0.2, -0.15) is 0 Å². The van der Waals surface area contributed by atoms with Gasteiger partial charge in [0.25, 0.3) is 0 Å². The van der Waals surface area contributed by atoms with E-state index in [4.69, 9.17) is 9.97 Å². The molecule has 3 aromatic heterocycles. The highest BCUT2D eigenvalue weighted by Gasteiger charge is 2.09. The number of hydrogen-bond acceptors (Lipinski definition) is 4. The molecule has 2 aromatic carbocycles. The summed E-state index contributed by atoms with van der Waals surface area (Å²) < 4.78 is 0. The molecule has 0 fully saturated rings. The zero-order valence-electron chi connectivity index (χ0n) is 16.4. The lowest BCUT2D eigenvalue weighted by Gasteiger charge is -2.10. The zero-order valence-corrected chi connectivity index (χ0v) is 16.4. The Hall–Kier alpha value is -3.99. The molecule has 5 nitrogen and oxygen atoms in total. The minimum absolute atomic E-state index is 0.701. The smallest absolute Gasteiger partial charge is 0.162 e. The van der Waals surface area contributed by atoms with Gasteiger partial charge in [0.15, 0.2) is 5.82 Å². The van der Waals surface area contributed by atoms with Gasteiger partial charge < -0.3 is 10.3 Å². The molecule has 0 saturated heterocycles. The van der Waals surface area contributed by atoms with Crippen LogP contribution in [-0.4, -0.2) is 26.5 Å². The van der Waals surface area contributed by atoms with E-state index in [2.05, 4.69) is 39.7 Å². The minimum Gasteiger partial charge on any atom is -0.370 e. The number of benzene rings is 2. The number of aromatic nitrogens is 4. The average Bonchev–Trinajstić information content (AvgIpc) is 3.23. The Balaban J connectivity index is 1.42. The lowest BCUT2D eigenvalue weighted by Crippen LogP contribution is -2.07. The second kappa shape index (κ2) is 8.17. The van der Waals surface area contributed by atoms with E-state index in [-0.39, 0.29) is 0 Å². The molecule has 0 unspecified atom stereocenters. The number of pyridine rings is 1. The van der Waals surface area contributed by atoms with E-state index in [0.29, 0.717) is 5.82 Å².